The van der Waals surface area contributed by atoms with Crippen LogP contribution >= 0.6 is 0 Å². The summed E-state index contributed by atoms with van der Waals surface area (Å²) in [5, 5.41) is 1.68. The van der Waals surface area contributed by atoms with Gasteiger partial charge in [-0.2, -0.15) is 0 Å². The van der Waals surface area contributed by atoms with E-state index in [0.717, 1.165) is 6.42 Å². The summed E-state index contributed by atoms with van der Waals surface area (Å²) in [6.45, 7) is 11.9. The molecule has 3 nitrogen and oxygen atoms in total. The lowest BCUT2D eigenvalue weighted by Gasteiger charge is -2.25. The highest BCUT2D eigenvalue weighted by atomic mass is 16.7. The number of rotatable bonds is 5. The van der Waals surface area contributed by atoms with E-state index in [2.05, 4.69) is 13.5 Å². The van der Waals surface area contributed by atoms with Crippen molar-refractivity contribution in [1.82, 2.24) is 5.06 Å². The lowest BCUT2D eigenvalue weighted by molar-refractivity contribution is -0.194. The standard InChI is InChI=1S/C10H19NO2/c1-6-9(5)11(7-2)13-10(12)8(3)4/h9H,3,6-7H2,1-2,4-5H3. The predicted molar refractivity (Wildman–Crippen MR) is 53.0 cm³/mol. The van der Waals surface area contributed by atoms with Crippen molar-refractivity contribution in [2.24, 2.45) is 0 Å². The van der Waals surface area contributed by atoms with Crippen molar-refractivity contribution in [1.29, 1.82) is 0 Å². The molecule has 1 atom stereocenters. The first-order chi connectivity index (χ1) is 6.02. The maximum Gasteiger partial charge on any atom is 0.352 e. The highest BCUT2D eigenvalue weighted by Crippen LogP contribution is 2.05. The Morgan fingerprint density at radius 3 is 2.38 bits per heavy atom. The minimum Gasteiger partial charge on any atom is -0.364 e. The van der Waals surface area contributed by atoms with Gasteiger partial charge >= 0.3 is 5.97 Å². The largest absolute Gasteiger partial charge is 0.364 e. The molecular formula is C10H19NO2. The molecule has 0 rings (SSSR count). The van der Waals surface area contributed by atoms with Gasteiger partial charge in [0.05, 0.1) is 0 Å². The molecule has 0 aromatic carbocycles. The quantitative estimate of drug-likeness (QED) is 0.485. The van der Waals surface area contributed by atoms with Crippen LogP contribution in [0.25, 0.3) is 0 Å². The Balaban J connectivity index is 4.12. The van der Waals surface area contributed by atoms with Crippen LogP contribution in [0.5, 0.6) is 0 Å². The van der Waals surface area contributed by atoms with Crippen LogP contribution in [0, 0.1) is 0 Å². The van der Waals surface area contributed by atoms with Crippen LogP contribution in [-0.4, -0.2) is 23.6 Å². The average Bonchev–Trinajstić information content (AvgIpc) is 2.12. The summed E-state index contributed by atoms with van der Waals surface area (Å²) in [6.07, 6.45) is 0.956. The maximum absolute atomic E-state index is 11.2. The Hall–Kier alpha value is -0.830. The van der Waals surface area contributed by atoms with Crippen molar-refractivity contribution in [3.05, 3.63) is 12.2 Å². The highest BCUT2D eigenvalue weighted by molar-refractivity contribution is 5.86. The van der Waals surface area contributed by atoms with E-state index in [9.17, 15) is 4.79 Å². The molecule has 0 bridgehead atoms. The molecule has 76 valence electrons. The monoisotopic (exact) mass is 185 g/mol. The second-order valence-corrected chi connectivity index (χ2v) is 3.15. The van der Waals surface area contributed by atoms with E-state index in [1.54, 1.807) is 12.0 Å². The zero-order valence-corrected chi connectivity index (χ0v) is 8.96. The van der Waals surface area contributed by atoms with Crippen LogP contribution < -0.4 is 0 Å². The van der Waals surface area contributed by atoms with Crippen molar-refractivity contribution < 1.29 is 9.63 Å². The van der Waals surface area contributed by atoms with Crippen molar-refractivity contribution in [3.63, 3.8) is 0 Å². The Morgan fingerprint density at radius 1 is 1.54 bits per heavy atom. The van der Waals surface area contributed by atoms with Crippen LogP contribution in [0.1, 0.15) is 34.1 Å². The van der Waals surface area contributed by atoms with Gasteiger partial charge in [-0.25, -0.2) is 4.79 Å². The van der Waals surface area contributed by atoms with Gasteiger partial charge in [-0.05, 0) is 27.2 Å². The summed E-state index contributed by atoms with van der Waals surface area (Å²) in [6, 6.07) is 0.258. The third-order valence-corrected chi connectivity index (χ3v) is 1.94. The van der Waals surface area contributed by atoms with E-state index >= 15 is 0 Å². The lowest BCUT2D eigenvalue weighted by atomic mass is 10.2. The molecule has 0 aliphatic heterocycles. The summed E-state index contributed by atoms with van der Waals surface area (Å²) in [4.78, 5) is 16.3. The van der Waals surface area contributed by atoms with E-state index in [1.807, 2.05) is 13.8 Å². The van der Waals surface area contributed by atoms with Gasteiger partial charge in [0.25, 0.3) is 0 Å². The lowest BCUT2D eigenvalue weighted by Crippen LogP contribution is -2.34. The number of hydroxylamine groups is 2. The third-order valence-electron chi connectivity index (χ3n) is 1.94. The molecule has 0 aliphatic carbocycles. The number of hydrogen-bond donors (Lipinski definition) is 0. The summed E-state index contributed by atoms with van der Waals surface area (Å²) in [7, 11) is 0. The second-order valence-electron chi connectivity index (χ2n) is 3.15. The van der Waals surface area contributed by atoms with Crippen molar-refractivity contribution in [2.45, 2.75) is 40.2 Å². The summed E-state index contributed by atoms with van der Waals surface area (Å²) < 4.78 is 0. The molecule has 0 aromatic heterocycles. The van der Waals surface area contributed by atoms with E-state index in [0.29, 0.717) is 12.1 Å². The van der Waals surface area contributed by atoms with Gasteiger partial charge in [0.1, 0.15) is 0 Å². The van der Waals surface area contributed by atoms with Gasteiger partial charge in [-0.3, -0.25) is 0 Å². The van der Waals surface area contributed by atoms with Crippen molar-refractivity contribution in [2.75, 3.05) is 6.54 Å². The van der Waals surface area contributed by atoms with Crippen LogP contribution in [0.2, 0.25) is 0 Å². The molecule has 0 saturated carbocycles. The molecule has 0 radical (unpaired) electrons. The molecule has 0 heterocycles. The summed E-state index contributed by atoms with van der Waals surface area (Å²) >= 11 is 0. The van der Waals surface area contributed by atoms with Crippen molar-refractivity contribution in [3.8, 4) is 0 Å². The van der Waals surface area contributed by atoms with Crippen LogP contribution in [0.15, 0.2) is 12.2 Å². The number of nitrogens with zero attached hydrogens (tertiary/aromatic N) is 1. The Kier molecular flexibility index (Phi) is 5.39. The molecule has 13 heavy (non-hydrogen) atoms. The minimum absolute atomic E-state index is 0.258. The molecule has 3 heteroatoms. The first-order valence-corrected chi connectivity index (χ1v) is 4.67. The van der Waals surface area contributed by atoms with Gasteiger partial charge in [0, 0.05) is 18.2 Å². The van der Waals surface area contributed by atoms with Gasteiger partial charge < -0.3 is 4.84 Å². The van der Waals surface area contributed by atoms with Crippen LogP contribution in [0.4, 0.5) is 0 Å². The summed E-state index contributed by atoms with van der Waals surface area (Å²) in [5.74, 6) is -0.345. The zero-order valence-electron chi connectivity index (χ0n) is 8.96. The number of hydrogen-bond acceptors (Lipinski definition) is 3. The van der Waals surface area contributed by atoms with Crippen LogP contribution in [-0.2, 0) is 9.63 Å². The SMILES string of the molecule is C=C(C)C(=O)ON(CC)C(C)CC. The predicted octanol–water partition coefficient (Wildman–Crippen LogP) is 2.14. The molecule has 1 unspecified atom stereocenters. The zero-order chi connectivity index (χ0) is 10.4. The van der Waals surface area contributed by atoms with Gasteiger partial charge in [0.15, 0.2) is 0 Å². The fourth-order valence-corrected chi connectivity index (χ4v) is 0.854. The molecule has 0 amide bonds. The Bertz CT molecular complexity index is 189. The van der Waals surface area contributed by atoms with E-state index < -0.39 is 0 Å². The number of carbonyl (C=O) groups excluding carboxylic acids is 1. The maximum atomic E-state index is 11.2. The van der Waals surface area contributed by atoms with Gasteiger partial charge in [-0.1, -0.05) is 13.5 Å². The third kappa shape index (κ3) is 4.08. The van der Waals surface area contributed by atoms with Gasteiger partial charge in [-0.15, -0.1) is 5.06 Å². The van der Waals surface area contributed by atoms with E-state index in [1.165, 1.54) is 0 Å². The fourth-order valence-electron chi connectivity index (χ4n) is 0.854. The summed E-state index contributed by atoms with van der Waals surface area (Å²) in [5.41, 5.74) is 0.432. The average molecular weight is 185 g/mol. The molecule has 0 aliphatic rings. The highest BCUT2D eigenvalue weighted by Gasteiger charge is 2.15. The van der Waals surface area contributed by atoms with E-state index in [4.69, 9.17) is 4.84 Å². The molecule has 0 saturated heterocycles. The number of carbonyl (C=O) groups is 1. The first kappa shape index (κ1) is 12.2. The Labute approximate surface area is 80.3 Å². The second kappa shape index (κ2) is 5.75. The molecular weight excluding hydrogens is 166 g/mol. The molecule has 0 spiro atoms. The smallest absolute Gasteiger partial charge is 0.352 e. The Morgan fingerprint density at radius 2 is 2.08 bits per heavy atom. The minimum atomic E-state index is -0.345. The van der Waals surface area contributed by atoms with E-state index in [-0.39, 0.29) is 12.0 Å². The van der Waals surface area contributed by atoms with Crippen molar-refractivity contribution >= 4 is 5.97 Å². The topological polar surface area (TPSA) is 29.5 Å². The molecule has 0 fully saturated rings. The molecule has 0 aromatic rings. The normalized spacial score (nSPS) is 12.7. The van der Waals surface area contributed by atoms with Gasteiger partial charge in [0.2, 0.25) is 0 Å². The fraction of sp³-hybridized carbons (Fsp3) is 0.700. The first-order valence-electron chi connectivity index (χ1n) is 4.67. The molecule has 0 N–H and O–H groups in total. The van der Waals surface area contributed by atoms with Crippen LogP contribution in [0.3, 0.4) is 0 Å².